The minimum atomic E-state index is -0.968. The van der Waals surface area contributed by atoms with E-state index in [0.717, 1.165) is 12.8 Å². The van der Waals surface area contributed by atoms with Gasteiger partial charge in [0.2, 0.25) is 5.91 Å². The first-order chi connectivity index (χ1) is 8.32. The summed E-state index contributed by atoms with van der Waals surface area (Å²) < 4.78 is 11.6. The van der Waals surface area contributed by atoms with E-state index in [9.17, 15) is 9.00 Å². The van der Waals surface area contributed by atoms with Gasteiger partial charge in [0.15, 0.2) is 0 Å². The Morgan fingerprint density at radius 3 is 2.39 bits per heavy atom. The van der Waals surface area contributed by atoms with Crippen molar-refractivity contribution in [1.82, 2.24) is 5.32 Å². The first kappa shape index (κ1) is 15.2. The van der Waals surface area contributed by atoms with E-state index in [2.05, 4.69) is 11.4 Å². The molecule has 0 unspecified atom stereocenters. The van der Waals surface area contributed by atoms with E-state index >= 15 is 0 Å². The first-order valence-corrected chi connectivity index (χ1v) is 7.72. The minimum absolute atomic E-state index is 0.187. The lowest BCUT2D eigenvalue weighted by Gasteiger charge is -2.21. The number of nitrogens with one attached hydrogen (secondary N) is 1. The van der Waals surface area contributed by atoms with Crippen molar-refractivity contribution in [3.8, 4) is 6.07 Å². The van der Waals surface area contributed by atoms with Crippen LogP contribution in [0.25, 0.3) is 0 Å². The Morgan fingerprint density at radius 1 is 1.39 bits per heavy atom. The van der Waals surface area contributed by atoms with Crippen LogP contribution < -0.4 is 5.32 Å². The predicted molar refractivity (Wildman–Crippen MR) is 72.3 cm³/mol. The molecule has 5 heteroatoms. The van der Waals surface area contributed by atoms with Gasteiger partial charge in [-0.05, 0) is 33.6 Å². The number of carbonyl (C=O) groups is 1. The second kappa shape index (κ2) is 5.83. The molecule has 0 radical (unpaired) electrons. The first-order valence-electron chi connectivity index (χ1n) is 6.40. The zero-order valence-electron chi connectivity index (χ0n) is 11.4. The fraction of sp³-hybridized carbons (Fsp3) is 0.846. The van der Waals surface area contributed by atoms with Crippen molar-refractivity contribution in [3.63, 3.8) is 0 Å². The molecule has 0 bridgehead atoms. The SMILES string of the molecule is CC(C)(C)[S@@](=O)CCNC(=O)C1(C#N)CCCC1. The Labute approximate surface area is 112 Å². The molecule has 18 heavy (non-hydrogen) atoms. The van der Waals surface area contributed by atoms with Crippen molar-refractivity contribution in [1.29, 1.82) is 5.26 Å². The smallest absolute Gasteiger partial charge is 0.240 e. The second-order valence-corrected chi connectivity index (χ2v) is 8.14. The lowest BCUT2D eigenvalue weighted by molar-refractivity contribution is -0.127. The van der Waals surface area contributed by atoms with Crippen molar-refractivity contribution in [3.05, 3.63) is 0 Å². The molecule has 0 aliphatic heterocycles. The molecule has 0 spiro atoms. The third-order valence-electron chi connectivity index (χ3n) is 3.36. The Hall–Kier alpha value is -0.890. The summed E-state index contributed by atoms with van der Waals surface area (Å²) in [6.45, 7) is 6.13. The van der Waals surface area contributed by atoms with Gasteiger partial charge in [0, 0.05) is 27.8 Å². The summed E-state index contributed by atoms with van der Waals surface area (Å²) in [4.78, 5) is 12.0. The fourth-order valence-electron chi connectivity index (χ4n) is 2.10. The van der Waals surface area contributed by atoms with E-state index in [1.165, 1.54) is 0 Å². The van der Waals surface area contributed by atoms with Crippen LogP contribution in [0.1, 0.15) is 46.5 Å². The number of carbonyl (C=O) groups excluding carboxylic acids is 1. The largest absolute Gasteiger partial charge is 0.354 e. The summed E-state index contributed by atoms with van der Waals surface area (Å²) in [5, 5.41) is 11.9. The van der Waals surface area contributed by atoms with Gasteiger partial charge in [-0.1, -0.05) is 12.8 Å². The van der Waals surface area contributed by atoms with Gasteiger partial charge in [-0.3, -0.25) is 9.00 Å². The van der Waals surface area contributed by atoms with Crippen LogP contribution in [0, 0.1) is 16.7 Å². The van der Waals surface area contributed by atoms with Crippen LogP contribution in [0.15, 0.2) is 0 Å². The highest BCUT2D eigenvalue weighted by molar-refractivity contribution is 7.86. The predicted octanol–water partition coefficient (Wildman–Crippen LogP) is 1.73. The van der Waals surface area contributed by atoms with Gasteiger partial charge in [-0.25, -0.2) is 0 Å². The maximum atomic E-state index is 12.0. The molecule has 1 N–H and O–H groups in total. The Morgan fingerprint density at radius 2 is 1.94 bits per heavy atom. The van der Waals surface area contributed by atoms with Crippen molar-refractivity contribution in [2.75, 3.05) is 12.3 Å². The summed E-state index contributed by atoms with van der Waals surface area (Å²) in [6.07, 6.45) is 3.18. The number of hydrogen-bond donors (Lipinski definition) is 1. The molecule has 1 fully saturated rings. The number of nitriles is 1. The lowest BCUT2D eigenvalue weighted by Crippen LogP contribution is -2.41. The molecular formula is C13H22N2O2S. The fourth-order valence-corrected chi connectivity index (χ4v) is 3.00. The number of hydrogen-bond acceptors (Lipinski definition) is 3. The van der Waals surface area contributed by atoms with Crippen LogP contribution in [-0.4, -0.2) is 27.2 Å². The summed E-state index contributed by atoms with van der Waals surface area (Å²) in [7, 11) is -0.968. The summed E-state index contributed by atoms with van der Waals surface area (Å²) in [5.74, 6) is 0.255. The summed E-state index contributed by atoms with van der Waals surface area (Å²) >= 11 is 0. The van der Waals surface area contributed by atoms with Crippen molar-refractivity contribution in [2.24, 2.45) is 5.41 Å². The topological polar surface area (TPSA) is 70.0 Å². The van der Waals surface area contributed by atoms with Gasteiger partial charge in [0.25, 0.3) is 0 Å². The molecule has 1 aliphatic carbocycles. The molecule has 0 aromatic rings. The quantitative estimate of drug-likeness (QED) is 0.846. The molecule has 0 aromatic carbocycles. The van der Waals surface area contributed by atoms with E-state index in [1.54, 1.807) is 0 Å². The second-order valence-electron chi connectivity index (χ2n) is 5.82. The van der Waals surface area contributed by atoms with Gasteiger partial charge in [0.1, 0.15) is 5.41 Å². The maximum Gasteiger partial charge on any atom is 0.240 e. The van der Waals surface area contributed by atoms with Gasteiger partial charge in [-0.15, -0.1) is 0 Å². The van der Waals surface area contributed by atoms with Gasteiger partial charge >= 0.3 is 0 Å². The summed E-state index contributed by atoms with van der Waals surface area (Å²) in [6, 6.07) is 2.16. The number of rotatable bonds is 4. The summed E-state index contributed by atoms with van der Waals surface area (Å²) in [5.41, 5.74) is -0.830. The van der Waals surface area contributed by atoms with E-state index < -0.39 is 16.2 Å². The highest BCUT2D eigenvalue weighted by Gasteiger charge is 2.41. The van der Waals surface area contributed by atoms with E-state index in [1.807, 2.05) is 20.8 Å². The van der Waals surface area contributed by atoms with Crippen LogP contribution >= 0.6 is 0 Å². The Balaban J connectivity index is 2.43. The van der Waals surface area contributed by atoms with E-state index in [0.29, 0.717) is 25.1 Å². The standard InChI is InChI=1S/C13H22N2O2S/c1-12(2,3)18(17)9-8-15-11(16)13(10-14)6-4-5-7-13/h4-9H2,1-3H3,(H,15,16)/t18-/m0/s1. The Bertz CT molecular complexity index is 373. The molecule has 102 valence electrons. The number of amides is 1. The van der Waals surface area contributed by atoms with Crippen molar-refractivity contribution in [2.45, 2.75) is 51.2 Å². The van der Waals surface area contributed by atoms with E-state index in [4.69, 9.17) is 5.26 Å². The zero-order chi connectivity index (χ0) is 13.8. The normalized spacial score (nSPS) is 20.1. The molecule has 0 saturated heterocycles. The van der Waals surface area contributed by atoms with Crippen LogP contribution in [0.2, 0.25) is 0 Å². The average Bonchev–Trinajstić information content (AvgIpc) is 2.77. The van der Waals surface area contributed by atoms with Crippen LogP contribution in [0.5, 0.6) is 0 Å². The minimum Gasteiger partial charge on any atom is -0.354 e. The van der Waals surface area contributed by atoms with Gasteiger partial charge in [0.05, 0.1) is 6.07 Å². The highest BCUT2D eigenvalue weighted by atomic mass is 32.2. The maximum absolute atomic E-state index is 12.0. The molecule has 4 nitrogen and oxygen atoms in total. The van der Waals surface area contributed by atoms with Crippen LogP contribution in [0.4, 0.5) is 0 Å². The average molecular weight is 270 g/mol. The number of nitrogens with zero attached hydrogens (tertiary/aromatic N) is 1. The molecular weight excluding hydrogens is 248 g/mol. The van der Waals surface area contributed by atoms with Crippen LogP contribution in [0.3, 0.4) is 0 Å². The molecule has 1 atom stereocenters. The van der Waals surface area contributed by atoms with Crippen molar-refractivity contribution < 1.29 is 9.00 Å². The third-order valence-corrected chi connectivity index (χ3v) is 5.30. The highest BCUT2D eigenvalue weighted by Crippen LogP contribution is 2.37. The molecule has 1 saturated carbocycles. The van der Waals surface area contributed by atoms with Gasteiger partial charge < -0.3 is 5.32 Å². The third kappa shape index (κ3) is 3.55. The van der Waals surface area contributed by atoms with Crippen molar-refractivity contribution >= 4 is 16.7 Å². The Kier molecular flexibility index (Phi) is 4.92. The molecule has 0 aromatic heterocycles. The van der Waals surface area contributed by atoms with E-state index in [-0.39, 0.29) is 10.7 Å². The molecule has 1 aliphatic rings. The monoisotopic (exact) mass is 270 g/mol. The van der Waals surface area contributed by atoms with Crippen LogP contribution in [-0.2, 0) is 15.6 Å². The molecule has 1 amide bonds. The zero-order valence-corrected chi connectivity index (χ0v) is 12.2. The molecule has 1 rings (SSSR count). The molecule has 0 heterocycles. The van der Waals surface area contributed by atoms with Gasteiger partial charge in [-0.2, -0.15) is 5.26 Å². The lowest BCUT2D eigenvalue weighted by atomic mass is 9.87.